The van der Waals surface area contributed by atoms with Crippen molar-refractivity contribution in [1.82, 2.24) is 14.8 Å². The maximum Gasteiger partial charge on any atom is 0.410 e. The van der Waals surface area contributed by atoms with Gasteiger partial charge in [-0.05, 0) is 39.1 Å². The molecule has 0 radical (unpaired) electrons. The molecule has 1 saturated heterocycles. The maximum atomic E-state index is 12.6. The first kappa shape index (κ1) is 19.4. The zero-order valence-corrected chi connectivity index (χ0v) is 17.0. The summed E-state index contributed by atoms with van der Waals surface area (Å²) in [5, 5.41) is 1.96. The number of aryl methyl sites for hydroxylation is 1. The summed E-state index contributed by atoms with van der Waals surface area (Å²) in [5.41, 5.74) is 0.146. The smallest absolute Gasteiger partial charge is 0.410 e. The Hall–Kier alpha value is -2.35. The molecule has 2 aromatic rings. The Morgan fingerprint density at radius 3 is 2.48 bits per heavy atom. The van der Waals surface area contributed by atoms with Gasteiger partial charge in [-0.3, -0.25) is 4.79 Å². The fourth-order valence-corrected chi connectivity index (χ4v) is 3.47. The van der Waals surface area contributed by atoms with Gasteiger partial charge in [0.1, 0.15) is 11.4 Å². The summed E-state index contributed by atoms with van der Waals surface area (Å²) in [6.45, 7) is 9.28. The maximum absolute atomic E-state index is 12.6. The Morgan fingerprint density at radius 2 is 1.89 bits per heavy atom. The highest BCUT2D eigenvalue weighted by molar-refractivity contribution is 7.13. The lowest BCUT2D eigenvalue weighted by atomic mass is 10.2. The molecule has 0 atom stereocenters. The van der Waals surface area contributed by atoms with E-state index >= 15 is 0 Å². The van der Waals surface area contributed by atoms with Crippen molar-refractivity contribution in [3.05, 3.63) is 29.0 Å². The van der Waals surface area contributed by atoms with E-state index in [4.69, 9.17) is 9.15 Å². The molecule has 8 heteroatoms. The number of ether oxygens (including phenoxy) is 1. The number of oxazole rings is 1. The number of hydrogen-bond donors (Lipinski definition) is 0. The minimum Gasteiger partial charge on any atom is -0.444 e. The summed E-state index contributed by atoms with van der Waals surface area (Å²) >= 11 is 1.55. The van der Waals surface area contributed by atoms with Gasteiger partial charge in [-0.15, -0.1) is 11.3 Å². The van der Waals surface area contributed by atoms with Crippen molar-refractivity contribution in [1.29, 1.82) is 0 Å². The van der Waals surface area contributed by atoms with Crippen LogP contribution in [-0.4, -0.2) is 58.6 Å². The van der Waals surface area contributed by atoms with Crippen molar-refractivity contribution in [3.63, 3.8) is 0 Å². The molecule has 146 valence electrons. The van der Waals surface area contributed by atoms with Gasteiger partial charge < -0.3 is 19.0 Å². The summed E-state index contributed by atoms with van der Waals surface area (Å²) in [6.07, 6.45) is -0.129. The van der Waals surface area contributed by atoms with E-state index in [2.05, 4.69) is 4.98 Å². The van der Waals surface area contributed by atoms with Crippen LogP contribution in [0, 0.1) is 6.92 Å². The predicted molar refractivity (Wildman–Crippen MR) is 103 cm³/mol. The predicted octanol–water partition coefficient (Wildman–Crippen LogP) is 3.33. The number of aromatic nitrogens is 1. The third-order valence-corrected chi connectivity index (χ3v) is 5.09. The van der Waals surface area contributed by atoms with E-state index in [0.717, 1.165) is 4.88 Å². The van der Waals surface area contributed by atoms with Crippen LogP contribution < -0.4 is 0 Å². The zero-order chi connectivity index (χ0) is 19.6. The van der Waals surface area contributed by atoms with E-state index in [1.54, 1.807) is 21.1 Å². The van der Waals surface area contributed by atoms with Crippen LogP contribution >= 0.6 is 11.3 Å². The summed E-state index contributed by atoms with van der Waals surface area (Å²) in [7, 11) is 0. The molecule has 1 fully saturated rings. The van der Waals surface area contributed by atoms with Crippen molar-refractivity contribution in [3.8, 4) is 10.8 Å². The van der Waals surface area contributed by atoms with Gasteiger partial charge in [-0.1, -0.05) is 6.07 Å². The number of piperazine rings is 1. The van der Waals surface area contributed by atoms with Crippen LogP contribution in [0.25, 0.3) is 10.8 Å². The highest BCUT2D eigenvalue weighted by Gasteiger charge is 2.28. The standard InChI is InChI=1S/C19H25N3O4S/c1-13-14(20-17(25-13)15-6-5-11-27-15)12-16(23)21-7-9-22(10-8-21)18(24)26-19(2,3)4/h5-6,11H,7-10,12H2,1-4H3. The second-order valence-electron chi connectivity index (χ2n) is 7.52. The molecule has 3 rings (SSSR count). The van der Waals surface area contributed by atoms with Gasteiger partial charge in [0.2, 0.25) is 11.8 Å². The summed E-state index contributed by atoms with van der Waals surface area (Å²) in [4.78, 5) is 33.6. The van der Waals surface area contributed by atoms with Crippen molar-refractivity contribution in [2.45, 2.75) is 39.7 Å². The summed E-state index contributed by atoms with van der Waals surface area (Å²) in [6, 6.07) is 3.88. The second-order valence-corrected chi connectivity index (χ2v) is 8.47. The number of rotatable bonds is 3. The number of nitrogens with zero attached hydrogens (tertiary/aromatic N) is 3. The molecule has 3 heterocycles. The zero-order valence-electron chi connectivity index (χ0n) is 16.2. The molecule has 0 bridgehead atoms. The Kier molecular flexibility index (Phi) is 5.55. The lowest BCUT2D eigenvalue weighted by molar-refractivity contribution is -0.132. The number of thiophene rings is 1. The average molecular weight is 391 g/mol. The normalized spacial score (nSPS) is 15.1. The summed E-state index contributed by atoms with van der Waals surface area (Å²) in [5.74, 6) is 1.21. The van der Waals surface area contributed by atoms with Crippen LogP contribution in [0.5, 0.6) is 0 Å². The van der Waals surface area contributed by atoms with Gasteiger partial charge >= 0.3 is 6.09 Å². The molecule has 2 aromatic heterocycles. The number of carbonyl (C=O) groups is 2. The van der Waals surface area contributed by atoms with Crippen LogP contribution in [-0.2, 0) is 16.0 Å². The number of carbonyl (C=O) groups excluding carboxylic acids is 2. The molecular formula is C19H25N3O4S. The Labute approximate surface area is 162 Å². The van der Waals surface area contributed by atoms with Gasteiger partial charge in [0, 0.05) is 26.2 Å². The fraction of sp³-hybridized carbons (Fsp3) is 0.526. The van der Waals surface area contributed by atoms with E-state index in [1.807, 2.05) is 45.2 Å². The van der Waals surface area contributed by atoms with Gasteiger partial charge in [-0.2, -0.15) is 0 Å². The molecule has 1 aliphatic heterocycles. The van der Waals surface area contributed by atoms with E-state index in [0.29, 0.717) is 43.5 Å². The van der Waals surface area contributed by atoms with E-state index < -0.39 is 5.60 Å². The molecule has 0 aromatic carbocycles. The SMILES string of the molecule is Cc1oc(-c2cccs2)nc1CC(=O)N1CCN(C(=O)OC(C)(C)C)CC1. The molecule has 0 aliphatic carbocycles. The van der Waals surface area contributed by atoms with Crippen LogP contribution in [0.2, 0.25) is 0 Å². The third-order valence-electron chi connectivity index (χ3n) is 4.23. The topological polar surface area (TPSA) is 75.9 Å². The second kappa shape index (κ2) is 7.72. The first-order chi connectivity index (χ1) is 12.7. The molecule has 0 saturated carbocycles. The molecular weight excluding hydrogens is 366 g/mol. The Morgan fingerprint density at radius 1 is 1.22 bits per heavy atom. The number of amides is 2. The lowest BCUT2D eigenvalue weighted by Gasteiger charge is -2.35. The van der Waals surface area contributed by atoms with Crippen molar-refractivity contribution < 1.29 is 18.7 Å². The van der Waals surface area contributed by atoms with E-state index in [-0.39, 0.29) is 18.4 Å². The van der Waals surface area contributed by atoms with Gasteiger partial charge in [-0.25, -0.2) is 9.78 Å². The molecule has 2 amide bonds. The van der Waals surface area contributed by atoms with Gasteiger partial charge in [0.05, 0.1) is 17.0 Å². The largest absolute Gasteiger partial charge is 0.444 e. The monoisotopic (exact) mass is 391 g/mol. The average Bonchev–Trinajstić information content (AvgIpc) is 3.24. The first-order valence-corrected chi connectivity index (χ1v) is 9.87. The van der Waals surface area contributed by atoms with E-state index in [1.165, 1.54) is 0 Å². The Balaban J connectivity index is 1.55. The fourth-order valence-electron chi connectivity index (χ4n) is 2.82. The van der Waals surface area contributed by atoms with Crippen molar-refractivity contribution in [2.75, 3.05) is 26.2 Å². The molecule has 1 aliphatic rings. The lowest BCUT2D eigenvalue weighted by Crippen LogP contribution is -2.52. The van der Waals surface area contributed by atoms with Gasteiger partial charge in [0.15, 0.2) is 0 Å². The highest BCUT2D eigenvalue weighted by atomic mass is 32.1. The molecule has 0 N–H and O–H groups in total. The van der Waals surface area contributed by atoms with E-state index in [9.17, 15) is 9.59 Å². The minimum absolute atomic E-state index is 0.00651. The highest BCUT2D eigenvalue weighted by Crippen LogP contribution is 2.26. The van der Waals surface area contributed by atoms with Crippen molar-refractivity contribution >= 4 is 23.3 Å². The van der Waals surface area contributed by atoms with Gasteiger partial charge in [0.25, 0.3) is 0 Å². The quantitative estimate of drug-likeness (QED) is 0.802. The third kappa shape index (κ3) is 4.88. The molecule has 7 nitrogen and oxygen atoms in total. The van der Waals surface area contributed by atoms with Crippen LogP contribution in [0.15, 0.2) is 21.9 Å². The van der Waals surface area contributed by atoms with Crippen LogP contribution in [0.3, 0.4) is 0 Å². The number of hydrogen-bond acceptors (Lipinski definition) is 6. The first-order valence-electron chi connectivity index (χ1n) is 8.99. The molecule has 0 unspecified atom stereocenters. The molecule has 27 heavy (non-hydrogen) atoms. The molecule has 0 spiro atoms. The minimum atomic E-state index is -0.519. The summed E-state index contributed by atoms with van der Waals surface area (Å²) < 4.78 is 11.1. The van der Waals surface area contributed by atoms with Crippen LogP contribution in [0.4, 0.5) is 4.79 Å². The van der Waals surface area contributed by atoms with Crippen molar-refractivity contribution in [2.24, 2.45) is 0 Å². The Bertz CT molecular complexity index is 800. The van der Waals surface area contributed by atoms with Crippen LogP contribution in [0.1, 0.15) is 32.2 Å².